The zero-order chi connectivity index (χ0) is 14.7. The van der Waals surface area contributed by atoms with Crippen molar-refractivity contribution in [3.63, 3.8) is 0 Å². The van der Waals surface area contributed by atoms with Crippen LogP contribution in [-0.4, -0.2) is 16.7 Å². The van der Waals surface area contributed by atoms with Crippen LogP contribution in [0.25, 0.3) is 0 Å². The number of anilines is 1. The van der Waals surface area contributed by atoms with E-state index in [1.54, 1.807) is 18.4 Å². The molecule has 1 N–H and O–H groups in total. The van der Waals surface area contributed by atoms with Gasteiger partial charge in [0.15, 0.2) is 0 Å². The fourth-order valence-corrected chi connectivity index (χ4v) is 3.00. The number of imidazole rings is 1. The molecule has 1 unspecified atom stereocenters. The smallest absolute Gasteiger partial charge is 0.136 e. The number of nitrogens with one attached hydrogen (secondary N) is 1. The van der Waals surface area contributed by atoms with Crippen molar-refractivity contribution in [2.75, 3.05) is 12.4 Å². The van der Waals surface area contributed by atoms with Gasteiger partial charge < -0.3 is 14.6 Å². The molecule has 2 aromatic heterocycles. The highest BCUT2D eigenvalue weighted by Gasteiger charge is 2.19. The van der Waals surface area contributed by atoms with Crippen LogP contribution in [-0.2, 0) is 7.05 Å². The normalized spacial score (nSPS) is 12.1. The lowest BCUT2D eigenvalue weighted by molar-refractivity contribution is 0.415. The summed E-state index contributed by atoms with van der Waals surface area (Å²) in [7, 11) is 3.68. The molecule has 21 heavy (non-hydrogen) atoms. The Kier molecular flexibility index (Phi) is 3.92. The van der Waals surface area contributed by atoms with E-state index >= 15 is 0 Å². The first-order valence-electron chi connectivity index (χ1n) is 6.69. The topological polar surface area (TPSA) is 39.1 Å². The monoisotopic (exact) mass is 299 g/mol. The van der Waals surface area contributed by atoms with E-state index in [0.29, 0.717) is 0 Å². The van der Waals surface area contributed by atoms with Gasteiger partial charge in [-0.05, 0) is 35.7 Å². The Bertz CT molecular complexity index is 689. The van der Waals surface area contributed by atoms with Crippen molar-refractivity contribution in [3.8, 4) is 5.75 Å². The second-order valence-corrected chi connectivity index (χ2v) is 5.70. The number of ether oxygens (including phenoxy) is 1. The summed E-state index contributed by atoms with van der Waals surface area (Å²) in [5.74, 6) is 1.85. The van der Waals surface area contributed by atoms with Crippen molar-refractivity contribution in [2.24, 2.45) is 7.05 Å². The minimum absolute atomic E-state index is 0.0402. The SMILES string of the molecule is COc1ccc(NC(c2cccs2)c2nccn2C)cc1. The summed E-state index contributed by atoms with van der Waals surface area (Å²) in [4.78, 5) is 5.72. The Hall–Kier alpha value is -2.27. The molecule has 0 saturated heterocycles. The van der Waals surface area contributed by atoms with E-state index in [9.17, 15) is 0 Å². The molecule has 0 bridgehead atoms. The highest BCUT2D eigenvalue weighted by molar-refractivity contribution is 7.10. The summed E-state index contributed by atoms with van der Waals surface area (Å²) in [6.45, 7) is 0. The predicted octanol–water partition coefficient (Wildman–Crippen LogP) is 3.69. The van der Waals surface area contributed by atoms with Crippen LogP contribution >= 0.6 is 11.3 Å². The molecular weight excluding hydrogens is 282 g/mol. The Morgan fingerprint density at radius 1 is 1.24 bits per heavy atom. The number of aryl methyl sites for hydroxylation is 1. The molecule has 4 nitrogen and oxygen atoms in total. The highest BCUT2D eigenvalue weighted by Crippen LogP contribution is 2.29. The first-order chi connectivity index (χ1) is 10.3. The largest absolute Gasteiger partial charge is 0.497 e. The first kappa shape index (κ1) is 13.7. The number of aromatic nitrogens is 2. The third-order valence-electron chi connectivity index (χ3n) is 3.35. The molecule has 0 amide bonds. The second kappa shape index (κ2) is 6.01. The molecule has 1 aromatic carbocycles. The Balaban J connectivity index is 1.91. The van der Waals surface area contributed by atoms with Gasteiger partial charge in [-0.1, -0.05) is 6.07 Å². The van der Waals surface area contributed by atoms with E-state index in [1.165, 1.54) is 4.88 Å². The molecule has 3 rings (SSSR count). The van der Waals surface area contributed by atoms with E-state index in [-0.39, 0.29) is 6.04 Å². The molecule has 0 aliphatic rings. The standard InChI is InChI=1S/C16H17N3OS/c1-19-10-9-17-16(19)15(14-4-3-11-21-14)18-12-5-7-13(20-2)8-6-12/h3-11,15,18H,1-2H3. The van der Waals surface area contributed by atoms with E-state index in [2.05, 4.69) is 27.8 Å². The molecule has 2 heterocycles. The number of hydrogen-bond acceptors (Lipinski definition) is 4. The van der Waals surface area contributed by atoms with Gasteiger partial charge >= 0.3 is 0 Å². The van der Waals surface area contributed by atoms with E-state index in [0.717, 1.165) is 17.3 Å². The lowest BCUT2D eigenvalue weighted by Gasteiger charge is -2.18. The van der Waals surface area contributed by atoms with Crippen LogP contribution in [0, 0.1) is 0 Å². The summed E-state index contributed by atoms with van der Waals surface area (Å²) in [6.07, 6.45) is 3.79. The van der Waals surface area contributed by atoms with E-state index in [1.807, 2.05) is 48.3 Å². The van der Waals surface area contributed by atoms with Crippen LogP contribution in [0.3, 0.4) is 0 Å². The summed E-state index contributed by atoms with van der Waals surface area (Å²) in [5, 5.41) is 5.63. The lowest BCUT2D eigenvalue weighted by Crippen LogP contribution is -2.15. The van der Waals surface area contributed by atoms with Crippen LogP contribution < -0.4 is 10.1 Å². The highest BCUT2D eigenvalue weighted by atomic mass is 32.1. The van der Waals surface area contributed by atoms with Crippen molar-refractivity contribution in [1.29, 1.82) is 0 Å². The van der Waals surface area contributed by atoms with Crippen molar-refractivity contribution >= 4 is 17.0 Å². The maximum Gasteiger partial charge on any atom is 0.136 e. The second-order valence-electron chi connectivity index (χ2n) is 4.72. The van der Waals surface area contributed by atoms with Gasteiger partial charge in [-0.3, -0.25) is 0 Å². The van der Waals surface area contributed by atoms with Crippen LogP contribution in [0.1, 0.15) is 16.7 Å². The van der Waals surface area contributed by atoms with E-state index < -0.39 is 0 Å². The zero-order valence-electron chi connectivity index (χ0n) is 12.0. The number of rotatable bonds is 5. The molecule has 0 fully saturated rings. The van der Waals surface area contributed by atoms with Gasteiger partial charge in [0.1, 0.15) is 17.6 Å². The maximum absolute atomic E-state index is 5.20. The van der Waals surface area contributed by atoms with Crippen molar-refractivity contribution < 1.29 is 4.74 Å². The average molecular weight is 299 g/mol. The van der Waals surface area contributed by atoms with Gasteiger partial charge in [0.2, 0.25) is 0 Å². The minimum atomic E-state index is 0.0402. The van der Waals surface area contributed by atoms with Gasteiger partial charge in [0.05, 0.1) is 7.11 Å². The van der Waals surface area contributed by atoms with Crippen LogP contribution in [0.2, 0.25) is 0 Å². The predicted molar refractivity (Wildman–Crippen MR) is 86.0 cm³/mol. The number of thiophene rings is 1. The lowest BCUT2D eigenvalue weighted by atomic mass is 10.2. The fraction of sp³-hybridized carbons (Fsp3) is 0.188. The summed E-state index contributed by atoms with van der Waals surface area (Å²) < 4.78 is 7.24. The number of methoxy groups -OCH3 is 1. The Morgan fingerprint density at radius 3 is 2.62 bits per heavy atom. The Morgan fingerprint density at radius 2 is 2.05 bits per heavy atom. The molecule has 0 spiro atoms. The van der Waals surface area contributed by atoms with Crippen LogP contribution in [0.5, 0.6) is 5.75 Å². The maximum atomic E-state index is 5.20. The third kappa shape index (κ3) is 2.92. The van der Waals surface area contributed by atoms with Crippen LogP contribution in [0.15, 0.2) is 54.2 Å². The van der Waals surface area contributed by atoms with Gasteiger partial charge in [-0.25, -0.2) is 4.98 Å². The number of benzene rings is 1. The number of hydrogen-bond donors (Lipinski definition) is 1. The number of nitrogens with zero attached hydrogens (tertiary/aromatic N) is 2. The molecule has 0 aliphatic heterocycles. The summed E-state index contributed by atoms with van der Waals surface area (Å²) in [5.41, 5.74) is 1.04. The zero-order valence-corrected chi connectivity index (χ0v) is 12.8. The summed E-state index contributed by atoms with van der Waals surface area (Å²) in [6, 6.07) is 12.2. The molecule has 5 heteroatoms. The third-order valence-corrected chi connectivity index (χ3v) is 4.28. The van der Waals surface area contributed by atoms with Gasteiger partial charge in [-0.15, -0.1) is 11.3 Å². The average Bonchev–Trinajstić information content (AvgIpc) is 3.17. The van der Waals surface area contributed by atoms with Crippen molar-refractivity contribution in [2.45, 2.75) is 6.04 Å². The van der Waals surface area contributed by atoms with Gasteiger partial charge in [0.25, 0.3) is 0 Å². The molecule has 0 aliphatic carbocycles. The van der Waals surface area contributed by atoms with Gasteiger partial charge in [0, 0.05) is 30.0 Å². The fourth-order valence-electron chi connectivity index (χ4n) is 2.23. The van der Waals surface area contributed by atoms with Gasteiger partial charge in [-0.2, -0.15) is 0 Å². The molecule has 3 aromatic rings. The quantitative estimate of drug-likeness (QED) is 0.781. The molecule has 108 valence electrons. The Labute approximate surface area is 128 Å². The molecular formula is C16H17N3OS. The first-order valence-corrected chi connectivity index (χ1v) is 7.57. The summed E-state index contributed by atoms with van der Waals surface area (Å²) >= 11 is 1.72. The minimum Gasteiger partial charge on any atom is -0.497 e. The molecule has 1 atom stereocenters. The van der Waals surface area contributed by atoms with Crippen molar-refractivity contribution in [3.05, 3.63) is 64.9 Å². The molecule has 0 saturated carbocycles. The van der Waals surface area contributed by atoms with E-state index in [4.69, 9.17) is 4.74 Å². The molecule has 0 radical (unpaired) electrons. The van der Waals surface area contributed by atoms with Crippen molar-refractivity contribution in [1.82, 2.24) is 9.55 Å². The van der Waals surface area contributed by atoms with Crippen LogP contribution in [0.4, 0.5) is 5.69 Å².